The van der Waals surface area contributed by atoms with E-state index in [1.165, 1.54) is 12.8 Å². The summed E-state index contributed by atoms with van der Waals surface area (Å²) in [6, 6.07) is 0. The molecular formula is C10H18O. The van der Waals surface area contributed by atoms with Gasteiger partial charge in [0.1, 0.15) is 5.78 Å². The second kappa shape index (κ2) is 3.38. The van der Waals surface area contributed by atoms with E-state index < -0.39 is 0 Å². The molecule has 0 unspecified atom stereocenters. The maximum atomic E-state index is 11.6. The van der Waals surface area contributed by atoms with Crippen LogP contribution < -0.4 is 0 Å². The van der Waals surface area contributed by atoms with Crippen molar-refractivity contribution in [2.45, 2.75) is 52.4 Å². The highest BCUT2D eigenvalue weighted by atomic mass is 16.1. The van der Waals surface area contributed by atoms with Crippen LogP contribution in [0.2, 0.25) is 0 Å². The minimum atomic E-state index is 0.106. The van der Waals surface area contributed by atoms with Crippen molar-refractivity contribution >= 4 is 5.78 Å². The van der Waals surface area contributed by atoms with E-state index in [0.717, 1.165) is 25.7 Å². The van der Waals surface area contributed by atoms with Gasteiger partial charge in [-0.05, 0) is 19.3 Å². The van der Waals surface area contributed by atoms with Gasteiger partial charge in [0.05, 0.1) is 0 Å². The summed E-state index contributed by atoms with van der Waals surface area (Å²) in [6.07, 6.45) is 6.61. The smallest absolute Gasteiger partial charge is 0.138 e. The third kappa shape index (κ3) is 1.47. The third-order valence-corrected chi connectivity index (χ3v) is 3.15. The Balaban J connectivity index is 2.66. The van der Waals surface area contributed by atoms with Crippen LogP contribution in [-0.4, -0.2) is 5.78 Å². The Morgan fingerprint density at radius 2 is 1.82 bits per heavy atom. The van der Waals surface area contributed by atoms with Gasteiger partial charge in [-0.1, -0.05) is 26.7 Å². The molecule has 0 N–H and O–H groups in total. The lowest BCUT2D eigenvalue weighted by Crippen LogP contribution is -2.26. The van der Waals surface area contributed by atoms with Gasteiger partial charge in [0, 0.05) is 11.8 Å². The monoisotopic (exact) mass is 154 g/mol. The highest BCUT2D eigenvalue weighted by molar-refractivity contribution is 5.84. The minimum absolute atomic E-state index is 0.106. The van der Waals surface area contributed by atoms with Gasteiger partial charge in [-0.3, -0.25) is 4.79 Å². The summed E-state index contributed by atoms with van der Waals surface area (Å²) >= 11 is 0. The van der Waals surface area contributed by atoms with Crippen molar-refractivity contribution in [3.05, 3.63) is 0 Å². The number of hydrogen-bond donors (Lipinski definition) is 0. The zero-order valence-corrected chi connectivity index (χ0v) is 7.65. The fourth-order valence-electron chi connectivity index (χ4n) is 2.26. The van der Waals surface area contributed by atoms with Gasteiger partial charge in [0.2, 0.25) is 0 Å². The molecule has 1 nitrogen and oxygen atoms in total. The predicted molar refractivity (Wildman–Crippen MR) is 46.5 cm³/mol. The molecule has 0 heterocycles. The summed E-state index contributed by atoms with van der Waals surface area (Å²) in [4.78, 5) is 11.6. The number of rotatable bonds is 3. The van der Waals surface area contributed by atoms with Crippen LogP contribution in [-0.2, 0) is 4.79 Å². The lowest BCUT2D eigenvalue weighted by atomic mass is 9.78. The summed E-state index contributed by atoms with van der Waals surface area (Å²) < 4.78 is 0. The van der Waals surface area contributed by atoms with Crippen molar-refractivity contribution in [1.29, 1.82) is 0 Å². The van der Waals surface area contributed by atoms with Gasteiger partial charge in [-0.2, -0.15) is 0 Å². The molecule has 0 spiro atoms. The zero-order chi connectivity index (χ0) is 8.32. The van der Waals surface area contributed by atoms with Gasteiger partial charge in [-0.15, -0.1) is 0 Å². The van der Waals surface area contributed by atoms with Gasteiger partial charge < -0.3 is 0 Å². The fraction of sp³-hybridized carbons (Fsp3) is 0.900. The molecule has 1 aliphatic rings. The molecule has 1 rings (SSSR count). The minimum Gasteiger partial charge on any atom is -0.299 e. The zero-order valence-electron chi connectivity index (χ0n) is 7.65. The largest absolute Gasteiger partial charge is 0.299 e. The lowest BCUT2D eigenvalue weighted by molar-refractivity contribution is -0.128. The Morgan fingerprint density at radius 3 is 2.18 bits per heavy atom. The van der Waals surface area contributed by atoms with Crippen LogP contribution in [0, 0.1) is 5.41 Å². The maximum Gasteiger partial charge on any atom is 0.138 e. The lowest BCUT2D eigenvalue weighted by Gasteiger charge is -2.24. The average Bonchev–Trinajstić information content (AvgIpc) is 2.52. The SMILES string of the molecule is CCC(=O)C1(CC)CCCC1. The molecule has 0 aromatic rings. The third-order valence-electron chi connectivity index (χ3n) is 3.15. The molecule has 1 fully saturated rings. The molecule has 0 aliphatic heterocycles. The van der Waals surface area contributed by atoms with E-state index >= 15 is 0 Å². The number of Topliss-reactive ketones (excluding diaryl/α,β-unsaturated/α-hetero) is 1. The molecule has 0 radical (unpaired) electrons. The Morgan fingerprint density at radius 1 is 1.27 bits per heavy atom. The molecule has 0 bridgehead atoms. The molecule has 0 amide bonds. The van der Waals surface area contributed by atoms with E-state index in [0.29, 0.717) is 5.78 Å². The normalized spacial score (nSPS) is 22.0. The van der Waals surface area contributed by atoms with Crippen molar-refractivity contribution in [2.24, 2.45) is 5.41 Å². The van der Waals surface area contributed by atoms with Crippen LogP contribution in [0.25, 0.3) is 0 Å². The van der Waals surface area contributed by atoms with Crippen LogP contribution >= 0.6 is 0 Å². The molecule has 0 aromatic heterocycles. The predicted octanol–water partition coefficient (Wildman–Crippen LogP) is 2.94. The molecule has 1 aliphatic carbocycles. The summed E-state index contributed by atoms with van der Waals surface area (Å²) in [7, 11) is 0. The Labute approximate surface area is 69.2 Å². The first-order chi connectivity index (χ1) is 5.25. The van der Waals surface area contributed by atoms with Crippen molar-refractivity contribution in [1.82, 2.24) is 0 Å². The molecule has 1 saturated carbocycles. The van der Waals surface area contributed by atoms with Gasteiger partial charge in [-0.25, -0.2) is 0 Å². The Hall–Kier alpha value is -0.330. The van der Waals surface area contributed by atoms with E-state index in [2.05, 4.69) is 6.92 Å². The van der Waals surface area contributed by atoms with Gasteiger partial charge in [0.15, 0.2) is 0 Å². The number of hydrogen-bond acceptors (Lipinski definition) is 1. The quantitative estimate of drug-likeness (QED) is 0.611. The molecular weight excluding hydrogens is 136 g/mol. The summed E-state index contributed by atoms with van der Waals surface area (Å²) in [5.41, 5.74) is 0.106. The van der Waals surface area contributed by atoms with E-state index in [1.807, 2.05) is 6.92 Å². The van der Waals surface area contributed by atoms with Crippen molar-refractivity contribution < 1.29 is 4.79 Å². The van der Waals surface area contributed by atoms with E-state index in [4.69, 9.17) is 0 Å². The summed E-state index contributed by atoms with van der Waals surface area (Å²) in [6.45, 7) is 4.14. The van der Waals surface area contributed by atoms with E-state index in [1.54, 1.807) is 0 Å². The van der Waals surface area contributed by atoms with Crippen LogP contribution in [0.3, 0.4) is 0 Å². The number of ketones is 1. The first-order valence-corrected chi connectivity index (χ1v) is 4.78. The van der Waals surface area contributed by atoms with Gasteiger partial charge in [0.25, 0.3) is 0 Å². The van der Waals surface area contributed by atoms with Crippen molar-refractivity contribution in [2.75, 3.05) is 0 Å². The molecule has 0 atom stereocenters. The molecule has 0 aromatic carbocycles. The fourth-order valence-corrected chi connectivity index (χ4v) is 2.26. The number of carbonyl (C=O) groups excluding carboxylic acids is 1. The van der Waals surface area contributed by atoms with Crippen LogP contribution in [0.5, 0.6) is 0 Å². The second-order valence-corrected chi connectivity index (χ2v) is 3.62. The van der Waals surface area contributed by atoms with Gasteiger partial charge >= 0.3 is 0 Å². The summed E-state index contributed by atoms with van der Waals surface area (Å²) in [5.74, 6) is 0.498. The Kier molecular flexibility index (Phi) is 2.69. The first-order valence-electron chi connectivity index (χ1n) is 4.78. The average molecular weight is 154 g/mol. The second-order valence-electron chi connectivity index (χ2n) is 3.62. The maximum absolute atomic E-state index is 11.6. The van der Waals surface area contributed by atoms with E-state index in [9.17, 15) is 4.79 Å². The first kappa shape index (κ1) is 8.76. The summed E-state index contributed by atoms with van der Waals surface area (Å²) in [5, 5.41) is 0. The molecule has 1 heteroatoms. The molecule has 11 heavy (non-hydrogen) atoms. The van der Waals surface area contributed by atoms with Crippen LogP contribution in [0.4, 0.5) is 0 Å². The van der Waals surface area contributed by atoms with E-state index in [-0.39, 0.29) is 5.41 Å². The standard InChI is InChI=1S/C10H18O/c1-3-9(11)10(4-2)7-5-6-8-10/h3-8H2,1-2H3. The highest BCUT2D eigenvalue weighted by Crippen LogP contribution is 2.42. The van der Waals surface area contributed by atoms with Crippen molar-refractivity contribution in [3.63, 3.8) is 0 Å². The topological polar surface area (TPSA) is 17.1 Å². The Bertz CT molecular complexity index is 143. The number of carbonyl (C=O) groups is 1. The van der Waals surface area contributed by atoms with Crippen molar-refractivity contribution in [3.8, 4) is 0 Å². The van der Waals surface area contributed by atoms with Crippen LogP contribution in [0.1, 0.15) is 52.4 Å². The molecule has 0 saturated heterocycles. The van der Waals surface area contributed by atoms with Crippen LogP contribution in [0.15, 0.2) is 0 Å². The highest BCUT2D eigenvalue weighted by Gasteiger charge is 2.37. The molecule has 64 valence electrons.